The van der Waals surface area contributed by atoms with E-state index in [-0.39, 0.29) is 5.70 Å². The highest BCUT2D eigenvalue weighted by atomic mass is 127. The zero-order valence-corrected chi connectivity index (χ0v) is 9.78. The smallest absolute Gasteiger partial charge is 0.352 e. The van der Waals surface area contributed by atoms with Gasteiger partial charge in [-0.1, -0.05) is 12.1 Å². The minimum atomic E-state index is -1.08. The molecule has 3 nitrogen and oxygen atoms in total. The summed E-state index contributed by atoms with van der Waals surface area (Å²) in [6.45, 7) is 1.70. The quantitative estimate of drug-likeness (QED) is 0.649. The number of nitrogens with two attached hydrogens (primary N) is 1. The number of benzene rings is 1. The number of aliphatic carboxylic acids is 1. The van der Waals surface area contributed by atoms with E-state index in [0.717, 1.165) is 9.13 Å². The molecule has 1 aromatic rings. The second-order valence-electron chi connectivity index (χ2n) is 2.85. The van der Waals surface area contributed by atoms with Crippen molar-refractivity contribution in [2.24, 2.45) is 5.73 Å². The summed E-state index contributed by atoms with van der Waals surface area (Å²) >= 11 is 2.19. The fourth-order valence-corrected chi connectivity index (χ4v) is 1.38. The van der Waals surface area contributed by atoms with Crippen LogP contribution in [0, 0.1) is 3.57 Å². The summed E-state index contributed by atoms with van der Waals surface area (Å²) in [4.78, 5) is 10.6. The standard InChI is InChI=1S/C10H10INO2/c1-6(9(12)10(13)14)7-2-4-8(11)5-3-7/h2-5H,12H2,1H3,(H,13,14)/b9-6+. The van der Waals surface area contributed by atoms with Gasteiger partial charge in [-0.2, -0.15) is 0 Å². The Kier molecular flexibility index (Phi) is 3.51. The largest absolute Gasteiger partial charge is 0.477 e. The Morgan fingerprint density at radius 3 is 2.29 bits per heavy atom. The maximum Gasteiger partial charge on any atom is 0.352 e. The molecule has 0 bridgehead atoms. The number of hydrogen-bond acceptors (Lipinski definition) is 2. The topological polar surface area (TPSA) is 63.3 Å². The molecule has 1 rings (SSSR count). The molecule has 0 aliphatic heterocycles. The fraction of sp³-hybridized carbons (Fsp3) is 0.100. The number of hydrogen-bond donors (Lipinski definition) is 2. The lowest BCUT2D eigenvalue weighted by molar-refractivity contribution is -0.132. The normalized spacial score (nSPS) is 12.1. The Morgan fingerprint density at radius 2 is 1.86 bits per heavy atom. The van der Waals surface area contributed by atoms with E-state index >= 15 is 0 Å². The zero-order chi connectivity index (χ0) is 10.7. The molecular formula is C10H10INO2. The van der Waals surface area contributed by atoms with Crippen molar-refractivity contribution >= 4 is 34.1 Å². The Bertz CT molecular complexity index is 382. The number of allylic oxidation sites excluding steroid dienone is 1. The molecule has 0 atom stereocenters. The molecule has 0 saturated carbocycles. The lowest BCUT2D eigenvalue weighted by Crippen LogP contribution is -2.11. The molecule has 1 aromatic carbocycles. The molecule has 0 radical (unpaired) electrons. The Labute approximate surface area is 95.8 Å². The van der Waals surface area contributed by atoms with Crippen molar-refractivity contribution < 1.29 is 9.90 Å². The lowest BCUT2D eigenvalue weighted by atomic mass is 10.1. The van der Waals surface area contributed by atoms with E-state index in [0.29, 0.717) is 5.57 Å². The van der Waals surface area contributed by atoms with Crippen LogP contribution in [0.1, 0.15) is 12.5 Å². The second kappa shape index (κ2) is 4.45. The number of halogens is 1. The van der Waals surface area contributed by atoms with Crippen LogP contribution in [0.15, 0.2) is 30.0 Å². The third-order valence-corrected chi connectivity index (χ3v) is 2.63. The van der Waals surface area contributed by atoms with E-state index in [4.69, 9.17) is 10.8 Å². The molecule has 74 valence electrons. The molecule has 0 spiro atoms. The summed E-state index contributed by atoms with van der Waals surface area (Å²) in [5.41, 5.74) is 6.73. The van der Waals surface area contributed by atoms with Crippen molar-refractivity contribution in [3.63, 3.8) is 0 Å². The van der Waals surface area contributed by atoms with Gasteiger partial charge in [-0.3, -0.25) is 0 Å². The van der Waals surface area contributed by atoms with Gasteiger partial charge < -0.3 is 10.8 Å². The highest BCUT2D eigenvalue weighted by Crippen LogP contribution is 2.17. The van der Waals surface area contributed by atoms with Gasteiger partial charge in [0.25, 0.3) is 0 Å². The number of carboxylic acids is 1. The van der Waals surface area contributed by atoms with Crippen molar-refractivity contribution in [2.45, 2.75) is 6.92 Å². The predicted octanol–water partition coefficient (Wildman–Crippen LogP) is 2.07. The first-order valence-electron chi connectivity index (χ1n) is 3.98. The average Bonchev–Trinajstić information content (AvgIpc) is 2.16. The van der Waals surface area contributed by atoms with Gasteiger partial charge >= 0.3 is 5.97 Å². The summed E-state index contributed by atoms with van der Waals surface area (Å²) in [6.07, 6.45) is 0. The molecule has 0 aromatic heterocycles. The van der Waals surface area contributed by atoms with Crippen LogP contribution in [0.3, 0.4) is 0 Å². The molecule has 0 saturated heterocycles. The molecule has 0 unspecified atom stereocenters. The summed E-state index contributed by atoms with van der Waals surface area (Å²) in [5, 5.41) is 8.68. The SMILES string of the molecule is C/C(=C(\N)C(=O)O)c1ccc(I)cc1. The molecule has 0 aliphatic carbocycles. The molecule has 0 amide bonds. The van der Waals surface area contributed by atoms with E-state index in [2.05, 4.69) is 22.6 Å². The first-order valence-corrected chi connectivity index (χ1v) is 5.06. The number of carbonyl (C=O) groups is 1. The van der Waals surface area contributed by atoms with E-state index < -0.39 is 5.97 Å². The summed E-state index contributed by atoms with van der Waals surface area (Å²) in [7, 11) is 0. The zero-order valence-electron chi connectivity index (χ0n) is 7.62. The van der Waals surface area contributed by atoms with E-state index in [1.54, 1.807) is 6.92 Å². The van der Waals surface area contributed by atoms with Crippen LogP contribution in [-0.4, -0.2) is 11.1 Å². The second-order valence-corrected chi connectivity index (χ2v) is 4.10. The van der Waals surface area contributed by atoms with Gasteiger partial charge in [-0.15, -0.1) is 0 Å². The van der Waals surface area contributed by atoms with Crippen molar-refractivity contribution in [1.29, 1.82) is 0 Å². The average molecular weight is 303 g/mol. The van der Waals surface area contributed by atoms with Gasteiger partial charge in [0.15, 0.2) is 0 Å². The van der Waals surface area contributed by atoms with E-state index in [1.165, 1.54) is 0 Å². The van der Waals surface area contributed by atoms with Crippen LogP contribution >= 0.6 is 22.6 Å². The predicted molar refractivity (Wildman–Crippen MR) is 63.6 cm³/mol. The van der Waals surface area contributed by atoms with Crippen LogP contribution in [-0.2, 0) is 4.79 Å². The number of carboxylic acid groups (broad SMARTS) is 1. The molecule has 0 heterocycles. The van der Waals surface area contributed by atoms with E-state index in [9.17, 15) is 4.79 Å². The van der Waals surface area contributed by atoms with Crippen LogP contribution in [0.25, 0.3) is 5.57 Å². The first kappa shape index (κ1) is 11.0. The van der Waals surface area contributed by atoms with Gasteiger partial charge in [0, 0.05) is 3.57 Å². The molecule has 14 heavy (non-hydrogen) atoms. The lowest BCUT2D eigenvalue weighted by Gasteiger charge is -2.03. The highest BCUT2D eigenvalue weighted by molar-refractivity contribution is 14.1. The maximum absolute atomic E-state index is 10.6. The maximum atomic E-state index is 10.6. The van der Waals surface area contributed by atoms with Gasteiger partial charge in [0.05, 0.1) is 0 Å². The van der Waals surface area contributed by atoms with Crippen LogP contribution in [0.4, 0.5) is 0 Å². The van der Waals surface area contributed by atoms with Crippen LogP contribution in [0.5, 0.6) is 0 Å². The Hall–Kier alpha value is -1.04. The van der Waals surface area contributed by atoms with Crippen molar-refractivity contribution in [1.82, 2.24) is 0 Å². The minimum absolute atomic E-state index is 0.105. The monoisotopic (exact) mass is 303 g/mol. The minimum Gasteiger partial charge on any atom is -0.477 e. The molecule has 0 aliphatic rings. The highest BCUT2D eigenvalue weighted by Gasteiger charge is 2.07. The fourth-order valence-electron chi connectivity index (χ4n) is 1.02. The number of rotatable bonds is 2. The van der Waals surface area contributed by atoms with Gasteiger partial charge in [0.2, 0.25) is 0 Å². The first-order chi connectivity index (χ1) is 6.52. The third kappa shape index (κ3) is 2.47. The van der Waals surface area contributed by atoms with Crippen molar-refractivity contribution in [2.75, 3.05) is 0 Å². The van der Waals surface area contributed by atoms with Crippen molar-refractivity contribution in [3.8, 4) is 0 Å². The van der Waals surface area contributed by atoms with Crippen LogP contribution < -0.4 is 5.73 Å². The van der Waals surface area contributed by atoms with Crippen LogP contribution in [0.2, 0.25) is 0 Å². The molecule has 4 heteroatoms. The van der Waals surface area contributed by atoms with E-state index in [1.807, 2.05) is 24.3 Å². The Balaban J connectivity index is 3.12. The summed E-state index contributed by atoms with van der Waals surface area (Å²) < 4.78 is 1.10. The molecule has 3 N–H and O–H groups in total. The van der Waals surface area contributed by atoms with Gasteiger partial charge in [-0.25, -0.2) is 4.79 Å². The summed E-state index contributed by atoms with van der Waals surface area (Å²) in [5.74, 6) is -1.08. The molecule has 0 fully saturated rings. The summed E-state index contributed by atoms with van der Waals surface area (Å²) in [6, 6.07) is 7.53. The van der Waals surface area contributed by atoms with Crippen molar-refractivity contribution in [3.05, 3.63) is 39.1 Å². The molecular weight excluding hydrogens is 293 g/mol. The third-order valence-electron chi connectivity index (χ3n) is 1.91. The van der Waals surface area contributed by atoms with Gasteiger partial charge in [-0.05, 0) is 52.8 Å². The Morgan fingerprint density at radius 1 is 1.36 bits per heavy atom. The van der Waals surface area contributed by atoms with Gasteiger partial charge in [0.1, 0.15) is 5.70 Å².